The number of hydrogen-bond donors (Lipinski definition) is 1. The predicted molar refractivity (Wildman–Crippen MR) is 139 cm³/mol. The zero-order chi connectivity index (χ0) is 25.7. The van der Waals surface area contributed by atoms with Gasteiger partial charge in [-0.05, 0) is 55.0 Å². The van der Waals surface area contributed by atoms with Gasteiger partial charge in [0.1, 0.15) is 6.54 Å². The number of sulfonamides is 1. The molecule has 0 aliphatic carbocycles. The average Bonchev–Trinajstić information content (AvgIpc) is 2.88. The van der Waals surface area contributed by atoms with E-state index in [0.717, 1.165) is 4.31 Å². The molecule has 188 valence electrons. The monoisotopic (exact) mass is 527 g/mol. The number of anilines is 2. The third-order valence-electron chi connectivity index (χ3n) is 5.78. The Bertz CT molecular complexity index is 1360. The van der Waals surface area contributed by atoms with Gasteiger partial charge >= 0.3 is 0 Å². The highest BCUT2D eigenvalue weighted by Gasteiger charge is 2.29. The molecule has 3 aromatic rings. The lowest BCUT2D eigenvalue weighted by atomic mass is 10.1. The summed E-state index contributed by atoms with van der Waals surface area (Å²) in [6.45, 7) is 3.04. The number of amides is 2. The van der Waals surface area contributed by atoms with E-state index in [1.54, 1.807) is 72.5 Å². The molecule has 0 spiro atoms. The number of morpholine rings is 1. The first-order valence-corrected chi connectivity index (χ1v) is 13.2. The van der Waals surface area contributed by atoms with Crippen molar-refractivity contribution in [2.24, 2.45) is 0 Å². The number of nitrogens with one attached hydrogen (secondary N) is 1. The molecule has 3 aromatic carbocycles. The van der Waals surface area contributed by atoms with Crippen LogP contribution in [0.3, 0.4) is 0 Å². The Kier molecular flexibility index (Phi) is 7.93. The second-order valence-electron chi connectivity index (χ2n) is 8.25. The maximum atomic E-state index is 13.6. The molecule has 0 radical (unpaired) electrons. The number of benzene rings is 3. The van der Waals surface area contributed by atoms with Crippen molar-refractivity contribution in [1.82, 2.24) is 4.90 Å². The van der Waals surface area contributed by atoms with Crippen molar-refractivity contribution in [2.45, 2.75) is 11.8 Å². The van der Waals surface area contributed by atoms with Crippen LogP contribution in [0, 0.1) is 6.92 Å². The van der Waals surface area contributed by atoms with Crippen LogP contribution >= 0.6 is 11.6 Å². The quantitative estimate of drug-likeness (QED) is 0.502. The first kappa shape index (κ1) is 25.7. The van der Waals surface area contributed by atoms with Crippen LogP contribution in [0.15, 0.2) is 77.7 Å². The Balaban J connectivity index is 1.63. The molecule has 1 heterocycles. The minimum Gasteiger partial charge on any atom is -0.378 e. The molecule has 2 amide bonds. The zero-order valence-electron chi connectivity index (χ0n) is 19.7. The topological polar surface area (TPSA) is 96.0 Å². The molecule has 1 fully saturated rings. The fourth-order valence-electron chi connectivity index (χ4n) is 3.95. The third kappa shape index (κ3) is 5.70. The molecule has 1 N–H and O–H groups in total. The summed E-state index contributed by atoms with van der Waals surface area (Å²) in [5.74, 6) is -0.817. The van der Waals surface area contributed by atoms with E-state index in [0.29, 0.717) is 53.8 Å². The molecule has 1 aliphatic rings. The van der Waals surface area contributed by atoms with E-state index in [2.05, 4.69) is 5.32 Å². The Morgan fingerprint density at radius 2 is 1.67 bits per heavy atom. The van der Waals surface area contributed by atoms with Gasteiger partial charge in [0.15, 0.2) is 0 Å². The van der Waals surface area contributed by atoms with Gasteiger partial charge < -0.3 is 15.0 Å². The zero-order valence-corrected chi connectivity index (χ0v) is 21.3. The average molecular weight is 528 g/mol. The van der Waals surface area contributed by atoms with Crippen LogP contribution in [-0.4, -0.2) is 58.0 Å². The van der Waals surface area contributed by atoms with Crippen molar-refractivity contribution in [3.8, 4) is 0 Å². The van der Waals surface area contributed by atoms with Crippen LogP contribution in [0.2, 0.25) is 5.02 Å². The van der Waals surface area contributed by atoms with Gasteiger partial charge in [-0.3, -0.25) is 13.9 Å². The fourth-order valence-corrected chi connectivity index (χ4v) is 5.69. The Morgan fingerprint density at radius 3 is 2.36 bits per heavy atom. The molecule has 36 heavy (non-hydrogen) atoms. The van der Waals surface area contributed by atoms with Crippen LogP contribution in [0.5, 0.6) is 0 Å². The molecule has 0 saturated carbocycles. The number of halogens is 1. The number of carbonyl (C=O) groups is 2. The van der Waals surface area contributed by atoms with Crippen LogP contribution in [0.1, 0.15) is 15.9 Å². The van der Waals surface area contributed by atoms with E-state index >= 15 is 0 Å². The smallest absolute Gasteiger partial charge is 0.264 e. The number of rotatable bonds is 7. The first-order valence-electron chi connectivity index (χ1n) is 11.4. The third-order valence-corrected chi connectivity index (χ3v) is 7.78. The van der Waals surface area contributed by atoms with E-state index in [1.165, 1.54) is 12.1 Å². The Morgan fingerprint density at radius 1 is 1.00 bits per heavy atom. The lowest BCUT2D eigenvalue weighted by Crippen LogP contribution is -2.41. The molecular weight excluding hydrogens is 502 g/mol. The first-order chi connectivity index (χ1) is 17.3. The summed E-state index contributed by atoms with van der Waals surface area (Å²) in [6.07, 6.45) is 0. The highest BCUT2D eigenvalue weighted by Crippen LogP contribution is 2.29. The molecule has 1 aliphatic heterocycles. The lowest BCUT2D eigenvalue weighted by molar-refractivity contribution is -0.114. The van der Waals surface area contributed by atoms with Crippen molar-refractivity contribution in [3.05, 3.63) is 88.9 Å². The van der Waals surface area contributed by atoms with Gasteiger partial charge in [-0.1, -0.05) is 41.9 Å². The normalized spacial score (nSPS) is 13.8. The van der Waals surface area contributed by atoms with Crippen LogP contribution < -0.4 is 9.62 Å². The summed E-state index contributed by atoms with van der Waals surface area (Å²) in [4.78, 5) is 28.0. The predicted octanol–water partition coefficient (Wildman–Crippen LogP) is 3.95. The number of ether oxygens (including phenoxy) is 1. The Hall–Kier alpha value is -3.40. The summed E-state index contributed by atoms with van der Waals surface area (Å²) >= 11 is 6.09. The summed E-state index contributed by atoms with van der Waals surface area (Å²) < 4.78 is 33.5. The van der Waals surface area contributed by atoms with Crippen molar-refractivity contribution in [2.75, 3.05) is 42.5 Å². The molecule has 0 unspecified atom stereocenters. The van der Waals surface area contributed by atoms with Gasteiger partial charge in [-0.15, -0.1) is 0 Å². The van der Waals surface area contributed by atoms with Gasteiger partial charge in [-0.25, -0.2) is 8.42 Å². The number of aryl methyl sites for hydroxylation is 1. The number of para-hydroxylation sites is 1. The molecule has 1 saturated heterocycles. The molecule has 0 aromatic heterocycles. The minimum absolute atomic E-state index is 0.0510. The number of nitrogens with zero attached hydrogens (tertiary/aromatic N) is 2. The summed E-state index contributed by atoms with van der Waals surface area (Å²) in [7, 11) is -4.08. The summed E-state index contributed by atoms with van der Waals surface area (Å²) in [5, 5.41) is 3.19. The highest BCUT2D eigenvalue weighted by atomic mass is 35.5. The van der Waals surface area contributed by atoms with Crippen LogP contribution in [0.4, 0.5) is 11.4 Å². The highest BCUT2D eigenvalue weighted by molar-refractivity contribution is 7.92. The molecule has 4 rings (SSSR count). The van der Waals surface area contributed by atoms with Gasteiger partial charge in [0, 0.05) is 18.1 Å². The van der Waals surface area contributed by atoms with Crippen molar-refractivity contribution in [3.63, 3.8) is 0 Å². The second kappa shape index (κ2) is 11.1. The molecule has 10 heteroatoms. The van der Waals surface area contributed by atoms with E-state index in [-0.39, 0.29) is 10.8 Å². The molecule has 0 atom stereocenters. The maximum Gasteiger partial charge on any atom is 0.264 e. The van der Waals surface area contributed by atoms with Crippen molar-refractivity contribution in [1.29, 1.82) is 0 Å². The second-order valence-corrected chi connectivity index (χ2v) is 10.6. The van der Waals surface area contributed by atoms with Gasteiger partial charge in [0.25, 0.3) is 15.9 Å². The van der Waals surface area contributed by atoms with E-state index < -0.39 is 22.5 Å². The van der Waals surface area contributed by atoms with Gasteiger partial charge in [0.05, 0.1) is 35.0 Å². The standard InChI is InChI=1S/C26H26ClN3O5S/c1-19-17-20(27)11-12-24(19)30(36(33,34)21-7-3-2-4-8-21)18-25(31)28-23-10-6-5-9-22(23)26(32)29-13-15-35-16-14-29/h2-12,17H,13-16,18H2,1H3,(H,28,31). The van der Waals surface area contributed by atoms with Crippen molar-refractivity contribution >= 4 is 44.8 Å². The number of carbonyl (C=O) groups excluding carboxylic acids is 2. The molecule has 0 bridgehead atoms. The van der Waals surface area contributed by atoms with Crippen LogP contribution in [0.25, 0.3) is 0 Å². The summed E-state index contributed by atoms with van der Waals surface area (Å²) in [5.41, 5.74) is 1.56. The van der Waals surface area contributed by atoms with Crippen molar-refractivity contribution < 1.29 is 22.7 Å². The largest absolute Gasteiger partial charge is 0.378 e. The van der Waals surface area contributed by atoms with E-state index in [9.17, 15) is 18.0 Å². The van der Waals surface area contributed by atoms with E-state index in [4.69, 9.17) is 16.3 Å². The van der Waals surface area contributed by atoms with E-state index in [1.807, 2.05) is 0 Å². The maximum absolute atomic E-state index is 13.6. The SMILES string of the molecule is Cc1cc(Cl)ccc1N(CC(=O)Nc1ccccc1C(=O)N1CCOCC1)S(=O)(=O)c1ccccc1. The van der Waals surface area contributed by atoms with Gasteiger partial charge in [0.2, 0.25) is 5.91 Å². The van der Waals surface area contributed by atoms with Crippen LogP contribution in [-0.2, 0) is 19.6 Å². The lowest BCUT2D eigenvalue weighted by Gasteiger charge is -2.28. The minimum atomic E-state index is -4.08. The molecule has 8 nitrogen and oxygen atoms in total. The fraction of sp³-hybridized carbons (Fsp3) is 0.231. The summed E-state index contributed by atoms with van der Waals surface area (Å²) in [6, 6.07) is 19.4. The Labute approximate surface area is 215 Å². The molecular formula is C26H26ClN3O5S. The van der Waals surface area contributed by atoms with Gasteiger partial charge in [-0.2, -0.15) is 0 Å². The number of hydrogen-bond acceptors (Lipinski definition) is 5.